The molecule has 7 nitrogen and oxygen atoms in total. The summed E-state index contributed by atoms with van der Waals surface area (Å²) in [5, 5.41) is 12.6. The second-order valence-electron chi connectivity index (χ2n) is 2.44. The minimum atomic E-state index is -0.709. The Bertz CT molecular complexity index is 346. The van der Waals surface area contributed by atoms with Gasteiger partial charge in [0.1, 0.15) is 4.92 Å². The molecule has 0 aromatic carbocycles. The molecule has 0 radical (unpaired) electrons. The molecule has 0 aliphatic rings. The maximum Gasteiger partial charge on any atom is 0.433 e. The summed E-state index contributed by atoms with van der Waals surface area (Å²) in [6.45, 7) is 0.599. The number of rotatable bonds is 4. The average Bonchev–Trinajstić information content (AvgIpc) is 2.62. The molecule has 0 saturated carbocycles. The molecule has 0 saturated heterocycles. The zero-order valence-electron chi connectivity index (χ0n) is 7.23. The zero-order chi connectivity index (χ0) is 10.6. The number of hydrogen-bond donors (Lipinski definition) is 2. The summed E-state index contributed by atoms with van der Waals surface area (Å²) in [6.07, 6.45) is 0. The van der Waals surface area contributed by atoms with Crippen molar-refractivity contribution in [2.45, 2.75) is 0 Å². The quantitative estimate of drug-likeness (QED) is 0.518. The molecule has 0 fully saturated rings. The van der Waals surface area contributed by atoms with Crippen molar-refractivity contribution in [3.63, 3.8) is 0 Å². The van der Waals surface area contributed by atoms with Gasteiger partial charge in [-0.2, -0.15) is 0 Å². The van der Waals surface area contributed by atoms with Crippen LogP contribution in [0.3, 0.4) is 0 Å². The van der Waals surface area contributed by atoms with Gasteiger partial charge < -0.3 is 15.5 Å². The minimum Gasteiger partial charge on any atom is -0.395 e. The lowest BCUT2D eigenvalue weighted by Crippen LogP contribution is -2.28. The maximum atomic E-state index is 11.2. The molecule has 7 heteroatoms. The van der Waals surface area contributed by atoms with Crippen molar-refractivity contribution in [3.8, 4) is 0 Å². The van der Waals surface area contributed by atoms with Crippen molar-refractivity contribution in [1.29, 1.82) is 0 Å². The van der Waals surface area contributed by atoms with Gasteiger partial charge in [-0.05, 0) is 6.07 Å². The molecule has 1 amide bonds. The topological polar surface area (TPSA) is 111 Å². The van der Waals surface area contributed by atoms with Gasteiger partial charge in [0.25, 0.3) is 5.91 Å². The number of nitrogens with zero attached hydrogens (tertiary/aromatic N) is 1. The van der Waals surface area contributed by atoms with Gasteiger partial charge in [0.05, 0.1) is 6.07 Å². The van der Waals surface area contributed by atoms with E-state index in [-0.39, 0.29) is 5.76 Å². The van der Waals surface area contributed by atoms with E-state index in [0.717, 1.165) is 6.07 Å². The van der Waals surface area contributed by atoms with Crippen LogP contribution in [0.15, 0.2) is 16.5 Å². The number of hydrogen-bond acceptors (Lipinski definition) is 5. The summed E-state index contributed by atoms with van der Waals surface area (Å²) in [5.41, 5.74) is 5.15. The molecule has 76 valence electrons. The van der Waals surface area contributed by atoms with Gasteiger partial charge in [-0.25, -0.2) is 0 Å². The fourth-order valence-electron chi connectivity index (χ4n) is 0.821. The molecule has 1 aromatic heterocycles. The third-order valence-electron chi connectivity index (χ3n) is 1.43. The van der Waals surface area contributed by atoms with Crippen molar-refractivity contribution in [2.75, 3.05) is 13.1 Å². The molecule has 1 aromatic rings. The van der Waals surface area contributed by atoms with Crippen LogP contribution in [0.5, 0.6) is 0 Å². The second kappa shape index (κ2) is 4.38. The number of nitrogens with one attached hydrogen (secondary N) is 1. The normalized spacial score (nSPS) is 9.79. The highest BCUT2D eigenvalue weighted by molar-refractivity contribution is 5.91. The largest absolute Gasteiger partial charge is 0.433 e. The Hall–Kier alpha value is -1.89. The molecule has 0 spiro atoms. The molecule has 0 aliphatic carbocycles. The lowest BCUT2D eigenvalue weighted by molar-refractivity contribution is -0.402. The fraction of sp³-hybridized carbons (Fsp3) is 0.286. The van der Waals surface area contributed by atoms with Gasteiger partial charge in [0.2, 0.25) is 0 Å². The summed E-state index contributed by atoms with van der Waals surface area (Å²) in [5.74, 6) is -1.06. The highest BCUT2D eigenvalue weighted by Gasteiger charge is 2.16. The predicted octanol–water partition coefficient (Wildman–Crippen LogP) is -0.124. The van der Waals surface area contributed by atoms with E-state index in [1.807, 2.05) is 0 Å². The Kier molecular flexibility index (Phi) is 3.19. The highest BCUT2D eigenvalue weighted by Crippen LogP contribution is 2.14. The third-order valence-corrected chi connectivity index (χ3v) is 1.43. The van der Waals surface area contributed by atoms with E-state index in [2.05, 4.69) is 9.73 Å². The summed E-state index contributed by atoms with van der Waals surface area (Å²) < 4.78 is 4.65. The zero-order valence-corrected chi connectivity index (χ0v) is 7.23. The Morgan fingerprint density at radius 3 is 2.86 bits per heavy atom. The molecule has 0 aliphatic heterocycles. The highest BCUT2D eigenvalue weighted by atomic mass is 16.6. The van der Waals surface area contributed by atoms with Crippen molar-refractivity contribution in [2.24, 2.45) is 5.73 Å². The number of furan rings is 1. The van der Waals surface area contributed by atoms with E-state index < -0.39 is 16.7 Å². The summed E-state index contributed by atoms with van der Waals surface area (Å²) in [4.78, 5) is 20.7. The molecule has 1 heterocycles. The lowest BCUT2D eigenvalue weighted by atomic mass is 10.4. The van der Waals surface area contributed by atoms with Gasteiger partial charge in [0.15, 0.2) is 5.76 Å². The van der Waals surface area contributed by atoms with Crippen LogP contribution in [-0.2, 0) is 0 Å². The molecule has 0 bridgehead atoms. The summed E-state index contributed by atoms with van der Waals surface area (Å²) in [7, 11) is 0. The first-order valence-electron chi connectivity index (χ1n) is 3.87. The Morgan fingerprint density at radius 2 is 2.36 bits per heavy atom. The van der Waals surface area contributed by atoms with Crippen molar-refractivity contribution in [3.05, 3.63) is 28.0 Å². The Morgan fingerprint density at radius 1 is 1.64 bits per heavy atom. The van der Waals surface area contributed by atoms with E-state index in [9.17, 15) is 14.9 Å². The first-order chi connectivity index (χ1) is 6.65. The average molecular weight is 199 g/mol. The van der Waals surface area contributed by atoms with Gasteiger partial charge in [-0.3, -0.25) is 14.9 Å². The number of amides is 1. The molecular weight excluding hydrogens is 190 g/mol. The molecule has 1 rings (SSSR count). The van der Waals surface area contributed by atoms with E-state index >= 15 is 0 Å². The van der Waals surface area contributed by atoms with Crippen LogP contribution in [-0.4, -0.2) is 23.9 Å². The van der Waals surface area contributed by atoms with Crippen LogP contribution >= 0.6 is 0 Å². The molecule has 0 atom stereocenters. The smallest absolute Gasteiger partial charge is 0.395 e. The summed E-state index contributed by atoms with van der Waals surface area (Å²) >= 11 is 0. The monoisotopic (exact) mass is 199 g/mol. The number of nitrogens with two attached hydrogens (primary N) is 1. The van der Waals surface area contributed by atoms with Gasteiger partial charge in [-0.1, -0.05) is 0 Å². The van der Waals surface area contributed by atoms with Crippen LogP contribution in [0.4, 0.5) is 5.88 Å². The van der Waals surface area contributed by atoms with Gasteiger partial charge in [-0.15, -0.1) is 0 Å². The van der Waals surface area contributed by atoms with Crippen molar-refractivity contribution >= 4 is 11.8 Å². The Labute approximate surface area is 79.0 Å². The van der Waals surface area contributed by atoms with Crippen LogP contribution in [0.2, 0.25) is 0 Å². The number of carbonyl (C=O) groups excluding carboxylic acids is 1. The van der Waals surface area contributed by atoms with E-state index in [0.29, 0.717) is 13.1 Å². The van der Waals surface area contributed by atoms with Crippen LogP contribution < -0.4 is 11.1 Å². The standard InChI is InChI=1S/C7H9N3O4/c8-3-4-9-7(11)5-1-2-6(14-5)10(12)13/h1-2H,3-4,8H2,(H,9,11). The summed E-state index contributed by atoms with van der Waals surface area (Å²) in [6, 6.07) is 2.36. The second-order valence-corrected chi connectivity index (χ2v) is 2.44. The van der Waals surface area contributed by atoms with Gasteiger partial charge >= 0.3 is 5.88 Å². The third kappa shape index (κ3) is 2.30. The first-order valence-corrected chi connectivity index (χ1v) is 3.87. The van der Waals surface area contributed by atoms with E-state index in [1.54, 1.807) is 0 Å². The molecule has 3 N–H and O–H groups in total. The van der Waals surface area contributed by atoms with E-state index in [4.69, 9.17) is 5.73 Å². The van der Waals surface area contributed by atoms with Crippen molar-refractivity contribution in [1.82, 2.24) is 5.32 Å². The lowest BCUT2D eigenvalue weighted by Gasteiger charge is -1.98. The number of carbonyl (C=O) groups is 1. The maximum absolute atomic E-state index is 11.2. The number of nitro groups is 1. The van der Waals surface area contributed by atoms with Crippen LogP contribution in [0.25, 0.3) is 0 Å². The Balaban J connectivity index is 2.66. The van der Waals surface area contributed by atoms with Crippen LogP contribution in [0, 0.1) is 10.1 Å². The van der Waals surface area contributed by atoms with Crippen LogP contribution in [0.1, 0.15) is 10.6 Å². The predicted molar refractivity (Wildman–Crippen MR) is 46.8 cm³/mol. The first kappa shape index (κ1) is 10.2. The molecular formula is C7H9N3O4. The minimum absolute atomic E-state index is 0.0925. The van der Waals surface area contributed by atoms with Gasteiger partial charge in [0, 0.05) is 13.1 Å². The SMILES string of the molecule is NCCNC(=O)c1ccc([N+](=O)[O-])o1. The van der Waals surface area contributed by atoms with E-state index in [1.165, 1.54) is 6.07 Å². The van der Waals surface area contributed by atoms with Crippen molar-refractivity contribution < 1.29 is 14.1 Å². The molecule has 14 heavy (non-hydrogen) atoms. The fourth-order valence-corrected chi connectivity index (χ4v) is 0.821. The molecule has 0 unspecified atom stereocenters.